The van der Waals surface area contributed by atoms with E-state index < -0.39 is 0 Å². The average molecular weight is 231 g/mol. The Bertz CT molecular complexity index is 441. The first-order valence-electron chi connectivity index (χ1n) is 6.54. The molecule has 1 aliphatic carbocycles. The fourth-order valence-electron chi connectivity index (χ4n) is 2.94. The molecule has 1 aromatic carbocycles. The van der Waals surface area contributed by atoms with E-state index in [0.717, 1.165) is 25.2 Å². The lowest BCUT2D eigenvalue weighted by atomic mass is 9.80. The molecule has 0 amide bonds. The molecule has 0 saturated heterocycles. The zero-order valence-corrected chi connectivity index (χ0v) is 10.8. The first-order chi connectivity index (χ1) is 8.00. The summed E-state index contributed by atoms with van der Waals surface area (Å²) < 4.78 is 5.54. The quantitative estimate of drug-likeness (QED) is 0.868. The van der Waals surface area contributed by atoms with Gasteiger partial charge in [0.25, 0.3) is 0 Å². The molecule has 2 N–H and O–H groups in total. The maximum Gasteiger partial charge on any atom is 0.122 e. The van der Waals surface area contributed by atoms with Crippen molar-refractivity contribution in [3.63, 3.8) is 0 Å². The first-order valence-corrected chi connectivity index (χ1v) is 6.54. The van der Waals surface area contributed by atoms with Gasteiger partial charge in [-0.1, -0.05) is 12.1 Å². The lowest BCUT2D eigenvalue weighted by molar-refractivity contribution is 0.293. The zero-order valence-electron chi connectivity index (χ0n) is 10.8. The lowest BCUT2D eigenvalue weighted by Gasteiger charge is -2.31. The fraction of sp³-hybridized carbons (Fsp3) is 0.600. The molecule has 0 radical (unpaired) electrons. The van der Waals surface area contributed by atoms with Crippen LogP contribution in [0.3, 0.4) is 0 Å². The normalized spacial score (nSPS) is 20.9. The highest BCUT2D eigenvalue weighted by Gasteiger charge is 2.52. The second-order valence-electron chi connectivity index (χ2n) is 6.22. The molecule has 0 spiro atoms. The van der Waals surface area contributed by atoms with Gasteiger partial charge < -0.3 is 10.5 Å². The number of rotatable bonds is 3. The van der Waals surface area contributed by atoms with Crippen LogP contribution in [0.15, 0.2) is 18.2 Å². The molecule has 0 bridgehead atoms. The second-order valence-corrected chi connectivity index (χ2v) is 6.22. The van der Waals surface area contributed by atoms with Crippen molar-refractivity contribution >= 4 is 0 Å². The lowest BCUT2D eigenvalue weighted by Crippen LogP contribution is -2.43. The summed E-state index contributed by atoms with van der Waals surface area (Å²) in [5.41, 5.74) is 9.37. The van der Waals surface area contributed by atoms with Crippen molar-refractivity contribution in [3.8, 4) is 5.75 Å². The van der Waals surface area contributed by atoms with Crippen molar-refractivity contribution in [2.24, 2.45) is 11.1 Å². The third kappa shape index (κ3) is 1.85. The van der Waals surface area contributed by atoms with Gasteiger partial charge in [0.1, 0.15) is 5.75 Å². The smallest absolute Gasteiger partial charge is 0.122 e. The van der Waals surface area contributed by atoms with Crippen LogP contribution >= 0.6 is 0 Å². The van der Waals surface area contributed by atoms with Gasteiger partial charge >= 0.3 is 0 Å². The maximum atomic E-state index is 6.31. The van der Waals surface area contributed by atoms with Gasteiger partial charge in [-0.3, -0.25) is 0 Å². The minimum absolute atomic E-state index is 0.0670. The number of fused-ring (bicyclic) bond motifs is 1. The average Bonchev–Trinajstić information content (AvgIpc) is 2.90. The molecule has 0 unspecified atom stereocenters. The topological polar surface area (TPSA) is 35.2 Å². The van der Waals surface area contributed by atoms with Gasteiger partial charge in [0.15, 0.2) is 0 Å². The standard InChI is InChI=1S/C15H21NO/c1-14(2,16)15(6-7-15)10-11-3-4-13-12(9-11)5-8-17-13/h3-4,9H,5-8,10,16H2,1-2H3. The van der Waals surface area contributed by atoms with Crippen LogP contribution in [0.2, 0.25) is 0 Å². The molecule has 1 saturated carbocycles. The molecule has 2 aliphatic rings. The van der Waals surface area contributed by atoms with E-state index in [1.165, 1.54) is 24.0 Å². The molecule has 2 nitrogen and oxygen atoms in total. The van der Waals surface area contributed by atoms with Crippen LogP contribution in [0.25, 0.3) is 0 Å². The van der Waals surface area contributed by atoms with Gasteiger partial charge in [-0.05, 0) is 55.7 Å². The minimum Gasteiger partial charge on any atom is -0.493 e. The summed E-state index contributed by atoms with van der Waals surface area (Å²) in [6.45, 7) is 5.17. The summed E-state index contributed by atoms with van der Waals surface area (Å²) in [7, 11) is 0. The van der Waals surface area contributed by atoms with Gasteiger partial charge in [0, 0.05) is 12.0 Å². The predicted octanol–water partition coefficient (Wildman–Crippen LogP) is 2.68. The van der Waals surface area contributed by atoms with E-state index in [9.17, 15) is 0 Å². The van der Waals surface area contributed by atoms with E-state index in [1.807, 2.05) is 0 Å². The molecule has 1 fully saturated rings. The van der Waals surface area contributed by atoms with E-state index in [0.29, 0.717) is 5.41 Å². The number of benzene rings is 1. The van der Waals surface area contributed by atoms with Crippen LogP contribution in [0.1, 0.15) is 37.8 Å². The van der Waals surface area contributed by atoms with Crippen LogP contribution in [0.5, 0.6) is 5.75 Å². The van der Waals surface area contributed by atoms with Crippen molar-refractivity contribution in [2.75, 3.05) is 6.61 Å². The summed E-state index contributed by atoms with van der Waals surface area (Å²) >= 11 is 0. The van der Waals surface area contributed by atoms with E-state index in [1.54, 1.807) is 0 Å². The van der Waals surface area contributed by atoms with Crippen molar-refractivity contribution in [1.82, 2.24) is 0 Å². The third-order valence-corrected chi connectivity index (χ3v) is 4.52. The number of ether oxygens (including phenoxy) is 1. The Morgan fingerprint density at radius 3 is 2.76 bits per heavy atom. The summed E-state index contributed by atoms with van der Waals surface area (Å²) in [6.07, 6.45) is 4.71. The maximum absolute atomic E-state index is 6.31. The molecule has 3 rings (SSSR count). The molecule has 1 heterocycles. The minimum atomic E-state index is -0.0670. The number of hydrogen-bond donors (Lipinski definition) is 1. The Balaban J connectivity index is 1.82. The summed E-state index contributed by atoms with van der Waals surface area (Å²) in [6, 6.07) is 6.64. The van der Waals surface area contributed by atoms with Crippen LogP contribution in [-0.4, -0.2) is 12.1 Å². The molecule has 2 heteroatoms. The van der Waals surface area contributed by atoms with Gasteiger partial charge in [0.2, 0.25) is 0 Å². The predicted molar refractivity (Wildman–Crippen MR) is 69.3 cm³/mol. The van der Waals surface area contributed by atoms with Crippen molar-refractivity contribution in [2.45, 2.75) is 45.1 Å². The molecule has 17 heavy (non-hydrogen) atoms. The van der Waals surface area contributed by atoms with Crippen molar-refractivity contribution in [3.05, 3.63) is 29.3 Å². The van der Waals surface area contributed by atoms with Crippen LogP contribution in [0, 0.1) is 5.41 Å². The highest BCUT2D eigenvalue weighted by Crippen LogP contribution is 2.55. The van der Waals surface area contributed by atoms with E-state index in [-0.39, 0.29) is 5.54 Å². The molecule has 0 aromatic heterocycles. The Morgan fingerprint density at radius 1 is 1.35 bits per heavy atom. The summed E-state index contributed by atoms with van der Waals surface area (Å²) in [4.78, 5) is 0. The fourth-order valence-corrected chi connectivity index (χ4v) is 2.94. The highest BCUT2D eigenvalue weighted by molar-refractivity contribution is 5.40. The SMILES string of the molecule is CC(C)(N)C1(Cc2ccc3c(c2)CCO3)CC1. The Morgan fingerprint density at radius 2 is 2.12 bits per heavy atom. The Hall–Kier alpha value is -1.02. The summed E-state index contributed by atoms with van der Waals surface area (Å²) in [5.74, 6) is 1.07. The van der Waals surface area contributed by atoms with Gasteiger partial charge in [-0.2, -0.15) is 0 Å². The molecule has 92 valence electrons. The molecular weight excluding hydrogens is 210 g/mol. The number of nitrogens with two attached hydrogens (primary N) is 1. The van der Waals surface area contributed by atoms with Crippen LogP contribution in [0.4, 0.5) is 0 Å². The van der Waals surface area contributed by atoms with Crippen molar-refractivity contribution in [1.29, 1.82) is 0 Å². The molecule has 1 aliphatic heterocycles. The highest BCUT2D eigenvalue weighted by atomic mass is 16.5. The van der Waals surface area contributed by atoms with E-state index in [2.05, 4.69) is 32.0 Å². The van der Waals surface area contributed by atoms with Gasteiger partial charge in [-0.15, -0.1) is 0 Å². The van der Waals surface area contributed by atoms with Gasteiger partial charge in [0.05, 0.1) is 6.61 Å². The van der Waals surface area contributed by atoms with E-state index in [4.69, 9.17) is 10.5 Å². The third-order valence-electron chi connectivity index (χ3n) is 4.52. The summed E-state index contributed by atoms with van der Waals surface area (Å²) in [5, 5.41) is 0. The second kappa shape index (κ2) is 3.49. The van der Waals surface area contributed by atoms with Crippen molar-refractivity contribution < 1.29 is 4.74 Å². The zero-order chi connectivity index (χ0) is 12.1. The monoisotopic (exact) mass is 231 g/mol. The van der Waals surface area contributed by atoms with E-state index >= 15 is 0 Å². The molecule has 0 atom stereocenters. The van der Waals surface area contributed by atoms with Crippen LogP contribution < -0.4 is 10.5 Å². The first kappa shape index (κ1) is 11.1. The molecule has 1 aromatic rings. The molecular formula is C15H21NO. The largest absolute Gasteiger partial charge is 0.493 e. The Labute approximate surface area is 103 Å². The number of hydrogen-bond acceptors (Lipinski definition) is 2. The Kier molecular flexibility index (Phi) is 2.27. The van der Waals surface area contributed by atoms with Crippen LogP contribution in [-0.2, 0) is 12.8 Å². The van der Waals surface area contributed by atoms with Gasteiger partial charge in [-0.25, -0.2) is 0 Å².